The molecule has 0 atom stereocenters. The van der Waals surface area contributed by atoms with E-state index in [0.29, 0.717) is 18.7 Å². The molecule has 2 aromatic rings. The molecule has 0 aliphatic heterocycles. The lowest BCUT2D eigenvalue weighted by Crippen LogP contribution is -2.31. The van der Waals surface area contributed by atoms with E-state index in [1.54, 1.807) is 20.2 Å². The van der Waals surface area contributed by atoms with Gasteiger partial charge in [-0.3, -0.25) is 9.59 Å². The Bertz CT molecular complexity index is 667. The zero-order chi connectivity index (χ0) is 25.4. The van der Waals surface area contributed by atoms with E-state index in [1.807, 2.05) is 45.9 Å². The maximum absolute atomic E-state index is 11.2. The number of Topliss-reactive ketones (excluding diaryl/α,β-unsaturated/α-hetero) is 1. The molecular formula is C25H47N5O2. The lowest BCUT2D eigenvalue weighted by molar-refractivity contribution is -0.120. The number of aryl methyl sites for hydroxylation is 1. The van der Waals surface area contributed by atoms with Gasteiger partial charge in [-0.25, -0.2) is 4.68 Å². The standard InChI is InChI=1S/C10H17N5O2.C7H8.C4H10.2C2H6/c1-3-9(16)7-15-6-8(13-14-15)4-12-10(17)5-11-2;1-7-5-3-2-4-6-7;1-4(2)3;2*1-2/h6,11H,3-5,7H2,1-2H3,(H,12,17);2-6H,1H3;4H,1-3H3;2*1-2H3. The van der Waals surface area contributed by atoms with Gasteiger partial charge in [0.05, 0.1) is 19.3 Å². The maximum Gasteiger partial charge on any atom is 0.234 e. The maximum atomic E-state index is 11.2. The summed E-state index contributed by atoms with van der Waals surface area (Å²) in [5.41, 5.74) is 1.96. The SMILES string of the molecule is CC.CC.CC(C)C.CCC(=O)Cn1cc(CNC(=O)CNC)nn1.Cc1ccccc1. The van der Waals surface area contributed by atoms with Gasteiger partial charge < -0.3 is 10.6 Å². The molecule has 1 heterocycles. The summed E-state index contributed by atoms with van der Waals surface area (Å²) in [6.45, 7) is 19.2. The average Bonchev–Trinajstić information content (AvgIpc) is 3.23. The van der Waals surface area contributed by atoms with Gasteiger partial charge in [-0.15, -0.1) is 5.10 Å². The summed E-state index contributed by atoms with van der Waals surface area (Å²) in [6.07, 6.45) is 2.14. The van der Waals surface area contributed by atoms with Crippen LogP contribution in [0.1, 0.15) is 73.1 Å². The van der Waals surface area contributed by atoms with Crippen LogP contribution < -0.4 is 10.6 Å². The predicted octanol–water partition coefficient (Wildman–Crippen LogP) is 4.80. The van der Waals surface area contributed by atoms with Gasteiger partial charge in [0.1, 0.15) is 12.2 Å². The highest BCUT2D eigenvalue weighted by molar-refractivity contribution is 5.78. The molecule has 7 nitrogen and oxygen atoms in total. The Morgan fingerprint density at radius 3 is 1.97 bits per heavy atom. The molecule has 7 heteroatoms. The molecule has 0 bridgehead atoms. The lowest BCUT2D eigenvalue weighted by atomic mass is 10.2. The van der Waals surface area contributed by atoms with Crippen LogP contribution in [0.5, 0.6) is 0 Å². The molecule has 0 aliphatic rings. The monoisotopic (exact) mass is 449 g/mol. The number of nitrogens with one attached hydrogen (secondary N) is 2. The van der Waals surface area contributed by atoms with Gasteiger partial charge in [0.2, 0.25) is 5.91 Å². The highest BCUT2D eigenvalue weighted by atomic mass is 16.2. The fraction of sp³-hybridized carbons (Fsp3) is 0.600. The molecule has 32 heavy (non-hydrogen) atoms. The second-order valence-corrected chi connectivity index (χ2v) is 6.99. The molecule has 1 aromatic carbocycles. The first kappa shape index (κ1) is 34.1. The molecular weight excluding hydrogens is 402 g/mol. The molecule has 2 N–H and O–H groups in total. The van der Waals surface area contributed by atoms with Crippen molar-refractivity contribution in [3.05, 3.63) is 47.8 Å². The van der Waals surface area contributed by atoms with Crippen molar-refractivity contribution in [2.24, 2.45) is 5.92 Å². The Morgan fingerprint density at radius 2 is 1.56 bits per heavy atom. The molecule has 1 aromatic heterocycles. The molecule has 0 saturated heterocycles. The van der Waals surface area contributed by atoms with Crippen LogP contribution in [0.3, 0.4) is 0 Å². The van der Waals surface area contributed by atoms with Crippen molar-refractivity contribution >= 4 is 11.7 Å². The predicted molar refractivity (Wildman–Crippen MR) is 135 cm³/mol. The Morgan fingerprint density at radius 1 is 1.03 bits per heavy atom. The van der Waals surface area contributed by atoms with Crippen molar-refractivity contribution in [2.75, 3.05) is 13.6 Å². The summed E-state index contributed by atoms with van der Waals surface area (Å²) in [5.74, 6) is 0.826. The molecule has 0 spiro atoms. The number of nitrogens with zero attached hydrogens (tertiary/aromatic N) is 3. The normalized spacial score (nSPS) is 8.84. The average molecular weight is 450 g/mol. The van der Waals surface area contributed by atoms with Crippen LogP contribution in [0.15, 0.2) is 36.5 Å². The van der Waals surface area contributed by atoms with Gasteiger partial charge >= 0.3 is 0 Å². The number of likely N-dealkylation sites (N-methyl/N-ethyl adjacent to an activating group) is 1. The highest BCUT2D eigenvalue weighted by Gasteiger charge is 2.05. The first-order chi connectivity index (χ1) is 15.3. The molecule has 2 rings (SSSR count). The minimum Gasteiger partial charge on any atom is -0.349 e. The zero-order valence-corrected chi connectivity index (χ0v) is 22.0. The van der Waals surface area contributed by atoms with Crippen molar-refractivity contribution in [2.45, 2.75) is 81.8 Å². The van der Waals surface area contributed by atoms with Crippen LogP contribution in [0.4, 0.5) is 0 Å². The molecule has 184 valence electrons. The van der Waals surface area contributed by atoms with Gasteiger partial charge in [0.15, 0.2) is 5.78 Å². The van der Waals surface area contributed by atoms with Crippen LogP contribution in [-0.4, -0.2) is 40.3 Å². The van der Waals surface area contributed by atoms with Gasteiger partial charge in [-0.05, 0) is 19.9 Å². The third-order valence-corrected chi connectivity index (χ3v) is 3.06. The Balaban J connectivity index is -0.000000460. The van der Waals surface area contributed by atoms with Crippen molar-refractivity contribution in [1.29, 1.82) is 0 Å². The number of carbonyl (C=O) groups is 2. The van der Waals surface area contributed by atoms with E-state index in [9.17, 15) is 9.59 Å². The van der Waals surface area contributed by atoms with Crippen molar-refractivity contribution in [1.82, 2.24) is 25.6 Å². The summed E-state index contributed by atoms with van der Waals surface area (Å²) in [4.78, 5) is 22.3. The number of benzene rings is 1. The van der Waals surface area contributed by atoms with Gasteiger partial charge in [-0.2, -0.15) is 0 Å². The third-order valence-electron chi connectivity index (χ3n) is 3.06. The number of aromatic nitrogens is 3. The molecule has 0 saturated carbocycles. The minimum atomic E-state index is -0.105. The quantitative estimate of drug-likeness (QED) is 0.634. The third kappa shape index (κ3) is 23.7. The second-order valence-electron chi connectivity index (χ2n) is 6.99. The number of ketones is 1. The van der Waals surface area contributed by atoms with Gasteiger partial charge in [-0.1, -0.05) is 96.5 Å². The van der Waals surface area contributed by atoms with Crippen LogP contribution in [0.25, 0.3) is 0 Å². The van der Waals surface area contributed by atoms with Gasteiger partial charge in [0, 0.05) is 6.42 Å². The van der Waals surface area contributed by atoms with Gasteiger partial charge in [0.25, 0.3) is 0 Å². The zero-order valence-electron chi connectivity index (χ0n) is 22.0. The Labute approximate surface area is 196 Å². The molecule has 0 fully saturated rings. The summed E-state index contributed by atoms with van der Waals surface area (Å²) in [5, 5.41) is 13.1. The van der Waals surface area contributed by atoms with E-state index < -0.39 is 0 Å². The molecule has 0 unspecified atom stereocenters. The Kier molecular flexibility index (Phi) is 26.3. The first-order valence-corrected chi connectivity index (χ1v) is 11.6. The largest absolute Gasteiger partial charge is 0.349 e. The Hall–Kier alpha value is -2.54. The number of amides is 1. The number of hydrogen-bond acceptors (Lipinski definition) is 5. The van der Waals surface area contributed by atoms with E-state index in [4.69, 9.17) is 0 Å². The summed E-state index contributed by atoms with van der Waals surface area (Å²) < 4.78 is 1.48. The summed E-state index contributed by atoms with van der Waals surface area (Å²) in [7, 11) is 1.70. The van der Waals surface area contributed by atoms with E-state index in [0.717, 1.165) is 5.92 Å². The van der Waals surface area contributed by atoms with E-state index in [2.05, 4.69) is 60.8 Å². The van der Waals surface area contributed by atoms with Crippen LogP contribution in [-0.2, 0) is 22.7 Å². The van der Waals surface area contributed by atoms with Crippen LogP contribution >= 0.6 is 0 Å². The van der Waals surface area contributed by atoms with Crippen molar-refractivity contribution < 1.29 is 9.59 Å². The van der Waals surface area contributed by atoms with Crippen LogP contribution in [0.2, 0.25) is 0 Å². The molecule has 1 amide bonds. The highest BCUT2D eigenvalue weighted by Crippen LogP contribution is 1.94. The minimum absolute atomic E-state index is 0.0978. The number of rotatable bonds is 7. The lowest BCUT2D eigenvalue weighted by Gasteiger charge is -2.00. The van der Waals surface area contributed by atoms with E-state index in [1.165, 1.54) is 10.2 Å². The topological polar surface area (TPSA) is 88.9 Å². The van der Waals surface area contributed by atoms with E-state index >= 15 is 0 Å². The van der Waals surface area contributed by atoms with Crippen molar-refractivity contribution in [3.63, 3.8) is 0 Å². The fourth-order valence-corrected chi connectivity index (χ4v) is 1.74. The molecule has 0 radical (unpaired) electrons. The second kappa shape index (κ2) is 24.7. The van der Waals surface area contributed by atoms with Crippen molar-refractivity contribution in [3.8, 4) is 0 Å². The smallest absolute Gasteiger partial charge is 0.234 e. The summed E-state index contributed by atoms with van der Waals surface area (Å²) in [6, 6.07) is 10.3. The fourth-order valence-electron chi connectivity index (χ4n) is 1.74. The van der Waals surface area contributed by atoms with E-state index in [-0.39, 0.29) is 24.8 Å². The van der Waals surface area contributed by atoms with Crippen LogP contribution in [0, 0.1) is 12.8 Å². The molecule has 0 aliphatic carbocycles. The number of carbonyl (C=O) groups excluding carboxylic acids is 2. The number of hydrogen-bond donors (Lipinski definition) is 2. The first-order valence-electron chi connectivity index (χ1n) is 11.6. The summed E-state index contributed by atoms with van der Waals surface area (Å²) >= 11 is 0.